The molecule has 0 aromatic heterocycles. The highest BCUT2D eigenvalue weighted by Gasteiger charge is 2.47. The Kier molecular flexibility index (Phi) is 3.38. The van der Waals surface area contributed by atoms with E-state index in [1.165, 1.54) is 12.8 Å². The summed E-state index contributed by atoms with van der Waals surface area (Å²) in [6, 6.07) is 6.30. The minimum Gasteiger partial charge on any atom is -0.487 e. The highest BCUT2D eigenvalue weighted by Crippen LogP contribution is 2.49. The molecular formula is C16H22BrNO. The van der Waals surface area contributed by atoms with Gasteiger partial charge in [0.05, 0.1) is 0 Å². The van der Waals surface area contributed by atoms with Crippen LogP contribution in [0.15, 0.2) is 22.7 Å². The molecule has 0 saturated heterocycles. The standard InChI is InChI=1S/C16H22BrNO/c1-10-4-3-7-16(11(10)2)9-14(18)13-8-12(17)5-6-15(13)19-16/h5-6,8,10-11,14H,3-4,7,9,18H2,1-2H3/t10?,11?,14-,16?/m1/s1. The number of ether oxygens (including phenoxy) is 1. The zero-order valence-corrected chi connectivity index (χ0v) is 13.2. The third-order valence-electron chi connectivity index (χ3n) is 5.19. The van der Waals surface area contributed by atoms with Crippen LogP contribution in [0.4, 0.5) is 0 Å². The number of nitrogens with two attached hydrogens (primary N) is 1. The third-order valence-corrected chi connectivity index (χ3v) is 5.69. The van der Waals surface area contributed by atoms with E-state index in [-0.39, 0.29) is 11.6 Å². The summed E-state index contributed by atoms with van der Waals surface area (Å²) < 4.78 is 7.54. The van der Waals surface area contributed by atoms with Crippen molar-refractivity contribution < 1.29 is 4.74 Å². The summed E-state index contributed by atoms with van der Waals surface area (Å²) in [6.45, 7) is 4.68. The van der Waals surface area contributed by atoms with Crippen molar-refractivity contribution in [3.63, 3.8) is 0 Å². The SMILES string of the molecule is CC1CCCC2(C[C@@H](N)c3cc(Br)ccc3O2)C1C. The van der Waals surface area contributed by atoms with E-state index in [2.05, 4.69) is 41.9 Å². The van der Waals surface area contributed by atoms with Crippen LogP contribution >= 0.6 is 15.9 Å². The number of hydrogen-bond donors (Lipinski definition) is 1. The summed E-state index contributed by atoms with van der Waals surface area (Å²) in [5, 5.41) is 0. The average Bonchev–Trinajstić information content (AvgIpc) is 2.37. The van der Waals surface area contributed by atoms with Crippen molar-refractivity contribution in [1.29, 1.82) is 0 Å². The molecule has 2 N–H and O–H groups in total. The summed E-state index contributed by atoms with van der Waals surface area (Å²) in [5.74, 6) is 2.28. The first-order valence-corrected chi connectivity index (χ1v) is 8.05. The molecule has 2 aliphatic rings. The Labute approximate surface area is 123 Å². The van der Waals surface area contributed by atoms with E-state index in [4.69, 9.17) is 10.5 Å². The first-order chi connectivity index (χ1) is 9.02. The lowest BCUT2D eigenvalue weighted by molar-refractivity contribution is -0.0614. The average molecular weight is 324 g/mol. The molecule has 0 amide bonds. The van der Waals surface area contributed by atoms with Gasteiger partial charge >= 0.3 is 0 Å². The van der Waals surface area contributed by atoms with E-state index in [0.29, 0.717) is 5.92 Å². The van der Waals surface area contributed by atoms with Crippen molar-refractivity contribution in [2.45, 2.75) is 51.2 Å². The maximum atomic E-state index is 6.47. The predicted octanol–water partition coefficient (Wildman–Crippen LogP) is 4.43. The first-order valence-electron chi connectivity index (χ1n) is 7.26. The van der Waals surface area contributed by atoms with E-state index >= 15 is 0 Å². The van der Waals surface area contributed by atoms with Crippen LogP contribution in [0.2, 0.25) is 0 Å². The van der Waals surface area contributed by atoms with Crippen LogP contribution in [-0.4, -0.2) is 5.60 Å². The van der Waals surface area contributed by atoms with E-state index < -0.39 is 0 Å². The van der Waals surface area contributed by atoms with Crippen molar-refractivity contribution in [1.82, 2.24) is 0 Å². The van der Waals surface area contributed by atoms with E-state index in [1.54, 1.807) is 0 Å². The molecule has 1 fully saturated rings. The topological polar surface area (TPSA) is 35.2 Å². The van der Waals surface area contributed by atoms with Gasteiger partial charge in [0.15, 0.2) is 0 Å². The second kappa shape index (κ2) is 4.78. The minimum absolute atomic E-state index is 0.0437. The fraction of sp³-hybridized carbons (Fsp3) is 0.625. The van der Waals surface area contributed by atoms with Gasteiger partial charge in [-0.1, -0.05) is 36.2 Å². The van der Waals surface area contributed by atoms with Crippen molar-refractivity contribution in [3.8, 4) is 5.75 Å². The minimum atomic E-state index is -0.0437. The molecule has 19 heavy (non-hydrogen) atoms. The number of benzene rings is 1. The zero-order chi connectivity index (χ0) is 13.6. The van der Waals surface area contributed by atoms with Gasteiger partial charge in [-0.05, 0) is 42.9 Å². The molecule has 1 heterocycles. The molecule has 0 bridgehead atoms. The van der Waals surface area contributed by atoms with Crippen molar-refractivity contribution in [3.05, 3.63) is 28.2 Å². The molecule has 3 heteroatoms. The highest BCUT2D eigenvalue weighted by atomic mass is 79.9. The fourth-order valence-corrected chi connectivity index (χ4v) is 4.18. The number of hydrogen-bond acceptors (Lipinski definition) is 2. The molecule has 2 nitrogen and oxygen atoms in total. The van der Waals surface area contributed by atoms with Gasteiger partial charge in [0.1, 0.15) is 11.4 Å². The Morgan fingerprint density at radius 1 is 1.37 bits per heavy atom. The molecule has 1 spiro atoms. The van der Waals surface area contributed by atoms with Gasteiger partial charge in [0.25, 0.3) is 0 Å². The molecule has 3 rings (SSSR count). The molecule has 1 saturated carbocycles. The van der Waals surface area contributed by atoms with E-state index in [1.807, 2.05) is 6.07 Å². The molecule has 104 valence electrons. The van der Waals surface area contributed by atoms with Gasteiger partial charge in [-0.3, -0.25) is 0 Å². The van der Waals surface area contributed by atoms with Crippen LogP contribution in [0.1, 0.15) is 51.1 Å². The highest BCUT2D eigenvalue weighted by molar-refractivity contribution is 9.10. The van der Waals surface area contributed by atoms with Crippen molar-refractivity contribution in [2.75, 3.05) is 0 Å². The monoisotopic (exact) mass is 323 g/mol. The second-order valence-electron chi connectivity index (χ2n) is 6.32. The molecule has 1 aromatic carbocycles. The molecule has 4 atom stereocenters. The smallest absolute Gasteiger partial charge is 0.125 e. The normalized spacial score (nSPS) is 37.8. The maximum Gasteiger partial charge on any atom is 0.125 e. The summed E-state index contributed by atoms with van der Waals surface area (Å²) in [7, 11) is 0. The van der Waals surface area contributed by atoms with E-state index in [0.717, 1.165) is 34.5 Å². The van der Waals surface area contributed by atoms with Crippen molar-refractivity contribution in [2.24, 2.45) is 17.6 Å². The predicted molar refractivity (Wildman–Crippen MR) is 81.2 cm³/mol. The quantitative estimate of drug-likeness (QED) is 0.766. The Morgan fingerprint density at radius 3 is 2.95 bits per heavy atom. The summed E-state index contributed by atoms with van der Waals surface area (Å²) in [4.78, 5) is 0. The summed E-state index contributed by atoms with van der Waals surface area (Å²) in [6.07, 6.45) is 4.66. The lowest BCUT2D eigenvalue weighted by Crippen LogP contribution is -2.51. The second-order valence-corrected chi connectivity index (χ2v) is 7.23. The molecule has 3 unspecified atom stereocenters. The fourth-order valence-electron chi connectivity index (χ4n) is 3.80. The van der Waals surface area contributed by atoms with Crippen LogP contribution in [-0.2, 0) is 0 Å². The molecular weight excluding hydrogens is 302 g/mol. The molecule has 1 aliphatic carbocycles. The van der Waals surface area contributed by atoms with Crippen LogP contribution in [0.5, 0.6) is 5.75 Å². The van der Waals surface area contributed by atoms with Gasteiger partial charge in [0, 0.05) is 22.5 Å². The third kappa shape index (κ3) is 2.21. The summed E-state index contributed by atoms with van der Waals surface area (Å²) >= 11 is 3.52. The summed E-state index contributed by atoms with van der Waals surface area (Å²) in [5.41, 5.74) is 7.53. The maximum absolute atomic E-state index is 6.47. The van der Waals surface area contributed by atoms with Gasteiger partial charge in [0.2, 0.25) is 0 Å². The Morgan fingerprint density at radius 2 is 2.16 bits per heavy atom. The van der Waals surface area contributed by atoms with Gasteiger partial charge < -0.3 is 10.5 Å². The van der Waals surface area contributed by atoms with Gasteiger partial charge in [-0.15, -0.1) is 0 Å². The number of halogens is 1. The van der Waals surface area contributed by atoms with Crippen LogP contribution < -0.4 is 10.5 Å². The Hall–Kier alpha value is -0.540. The van der Waals surface area contributed by atoms with Crippen LogP contribution in [0, 0.1) is 11.8 Å². The largest absolute Gasteiger partial charge is 0.487 e. The molecule has 1 aliphatic heterocycles. The first kappa shape index (κ1) is 13.4. The van der Waals surface area contributed by atoms with Gasteiger partial charge in [-0.2, -0.15) is 0 Å². The van der Waals surface area contributed by atoms with Crippen LogP contribution in [0.3, 0.4) is 0 Å². The molecule has 0 radical (unpaired) electrons. The molecule has 1 aromatic rings. The lowest BCUT2D eigenvalue weighted by Gasteiger charge is -2.49. The van der Waals surface area contributed by atoms with Crippen molar-refractivity contribution >= 4 is 15.9 Å². The Balaban J connectivity index is 1.98. The number of fused-ring (bicyclic) bond motifs is 1. The number of rotatable bonds is 0. The van der Waals surface area contributed by atoms with E-state index in [9.17, 15) is 0 Å². The van der Waals surface area contributed by atoms with Gasteiger partial charge in [-0.25, -0.2) is 0 Å². The zero-order valence-electron chi connectivity index (χ0n) is 11.7. The lowest BCUT2D eigenvalue weighted by atomic mass is 9.66. The Bertz CT molecular complexity index is 490. The van der Waals surface area contributed by atoms with Crippen LogP contribution in [0.25, 0.3) is 0 Å².